The minimum Gasteiger partial charge on any atom is -0.321 e. The molecular weight excluding hydrogens is 603 g/mol. The van der Waals surface area contributed by atoms with Gasteiger partial charge in [0, 0.05) is 47.3 Å². The van der Waals surface area contributed by atoms with E-state index in [0.717, 1.165) is 46.4 Å². The van der Waals surface area contributed by atoms with Gasteiger partial charge in [0.05, 0.1) is 34.0 Å². The van der Waals surface area contributed by atoms with Crippen molar-refractivity contribution in [3.8, 4) is 0 Å². The Labute approximate surface area is 273 Å². The van der Waals surface area contributed by atoms with E-state index >= 15 is 0 Å². The zero-order valence-electron chi connectivity index (χ0n) is 25.0. The number of pyridine rings is 1. The topological polar surface area (TPSA) is 74.3 Å². The highest BCUT2D eigenvalue weighted by Gasteiger charge is 2.29. The molecule has 8 heteroatoms. The smallest absolute Gasteiger partial charge is 0.255 e. The first-order valence-corrected chi connectivity index (χ1v) is 15.9. The van der Waals surface area contributed by atoms with Crippen molar-refractivity contribution in [2.24, 2.45) is 0 Å². The highest BCUT2D eigenvalue weighted by atomic mass is 35.5. The molecule has 1 aromatic heterocycles. The molecule has 1 aliphatic rings. The van der Waals surface area contributed by atoms with Crippen LogP contribution < -0.4 is 10.6 Å². The first-order valence-electron chi connectivity index (χ1n) is 15.1. The van der Waals surface area contributed by atoms with E-state index in [9.17, 15) is 9.59 Å². The molecule has 0 spiro atoms. The lowest BCUT2D eigenvalue weighted by Gasteiger charge is -2.38. The van der Waals surface area contributed by atoms with E-state index in [1.54, 1.807) is 0 Å². The van der Waals surface area contributed by atoms with Crippen molar-refractivity contribution in [2.45, 2.75) is 38.4 Å². The second-order valence-electron chi connectivity index (χ2n) is 11.5. The molecule has 0 bridgehead atoms. The summed E-state index contributed by atoms with van der Waals surface area (Å²) in [6, 6.07) is 32.2. The van der Waals surface area contributed by atoms with Gasteiger partial charge in [0.2, 0.25) is 0 Å². The third kappa shape index (κ3) is 7.10. The summed E-state index contributed by atoms with van der Waals surface area (Å²) < 4.78 is 0. The van der Waals surface area contributed by atoms with Crippen LogP contribution in [0.2, 0.25) is 10.0 Å². The van der Waals surface area contributed by atoms with E-state index in [4.69, 9.17) is 28.2 Å². The van der Waals surface area contributed by atoms with Crippen LogP contribution in [-0.2, 0) is 13.0 Å². The fraction of sp³-hybridized carbons (Fsp3) is 0.216. The maximum Gasteiger partial charge on any atom is 0.255 e. The van der Waals surface area contributed by atoms with Crippen LogP contribution in [0.4, 0.5) is 5.69 Å². The standard InChI is InChI=1S/C37H34Cl2N4O2/c1-24(27-16-17-30(38)31(39)21-27)20-35(40-22-34(44)25-10-4-2-5-11-25)43-19-18-33-29(23-43)36(28-14-8-9-15-32(28)41-33)42-37(45)26-12-6-3-7-13-26/h2-17,21,24,35,40H,18-20,22-23H2,1H3,(H,41,42,45). The number of aromatic nitrogens is 1. The molecule has 2 unspecified atom stereocenters. The molecule has 6 rings (SSSR count). The second kappa shape index (κ2) is 13.9. The number of fused-ring (bicyclic) bond motifs is 2. The SMILES string of the molecule is CC(CC(NCC(=O)c1ccccc1)N1CCc2nc3ccccc3c(NC(=O)c3ccccc3)c2C1)c1ccc(Cl)c(Cl)c1. The minimum atomic E-state index is -0.164. The number of ketones is 1. The molecule has 0 saturated heterocycles. The van der Waals surface area contributed by atoms with Gasteiger partial charge >= 0.3 is 0 Å². The van der Waals surface area contributed by atoms with Crippen LogP contribution in [0.15, 0.2) is 103 Å². The van der Waals surface area contributed by atoms with Crippen molar-refractivity contribution in [2.75, 3.05) is 18.4 Å². The van der Waals surface area contributed by atoms with Crippen LogP contribution >= 0.6 is 23.2 Å². The maximum atomic E-state index is 13.4. The Morgan fingerprint density at radius 1 is 0.867 bits per heavy atom. The fourth-order valence-electron chi connectivity index (χ4n) is 5.98. The first kappa shape index (κ1) is 30.9. The Morgan fingerprint density at radius 3 is 2.29 bits per heavy atom. The zero-order valence-corrected chi connectivity index (χ0v) is 26.5. The summed E-state index contributed by atoms with van der Waals surface area (Å²) in [5, 5.41) is 8.75. The van der Waals surface area contributed by atoms with Crippen LogP contribution in [0.5, 0.6) is 0 Å². The van der Waals surface area contributed by atoms with Gasteiger partial charge in [-0.25, -0.2) is 0 Å². The molecule has 2 N–H and O–H groups in total. The first-order chi connectivity index (χ1) is 21.9. The number of Topliss-reactive ketones (excluding diaryl/α,β-unsaturated/α-hetero) is 1. The number of para-hydroxylation sites is 1. The molecule has 0 aliphatic carbocycles. The highest BCUT2D eigenvalue weighted by Crippen LogP contribution is 2.35. The number of amides is 1. The van der Waals surface area contributed by atoms with E-state index in [0.29, 0.717) is 34.1 Å². The second-order valence-corrected chi connectivity index (χ2v) is 12.3. The van der Waals surface area contributed by atoms with Gasteiger partial charge in [0.1, 0.15) is 0 Å². The normalized spacial score (nSPS) is 14.5. The number of rotatable bonds is 10. The van der Waals surface area contributed by atoms with Crippen molar-refractivity contribution in [3.05, 3.63) is 141 Å². The van der Waals surface area contributed by atoms with E-state index < -0.39 is 0 Å². The summed E-state index contributed by atoms with van der Waals surface area (Å²) in [5.74, 6) is -0.0104. The number of halogens is 2. The van der Waals surface area contributed by atoms with Crippen LogP contribution in [-0.4, -0.2) is 40.8 Å². The molecular formula is C37H34Cl2N4O2. The van der Waals surface area contributed by atoms with E-state index in [-0.39, 0.29) is 30.3 Å². The predicted octanol–water partition coefficient (Wildman–Crippen LogP) is 8.14. The number of anilines is 1. The summed E-state index contributed by atoms with van der Waals surface area (Å²) in [6.45, 7) is 3.66. The average Bonchev–Trinajstić information content (AvgIpc) is 3.08. The van der Waals surface area contributed by atoms with Gasteiger partial charge in [0.25, 0.3) is 5.91 Å². The van der Waals surface area contributed by atoms with Crippen molar-refractivity contribution < 1.29 is 9.59 Å². The molecule has 5 aromatic rings. The van der Waals surface area contributed by atoms with Gasteiger partial charge in [-0.1, -0.05) is 103 Å². The number of nitrogens with zero attached hydrogens (tertiary/aromatic N) is 2. The Balaban J connectivity index is 1.32. The van der Waals surface area contributed by atoms with Crippen molar-refractivity contribution in [1.29, 1.82) is 0 Å². The lowest BCUT2D eigenvalue weighted by molar-refractivity contribution is 0.0934. The Hall–Kier alpha value is -4.07. The molecule has 0 saturated carbocycles. The number of hydrogen-bond donors (Lipinski definition) is 2. The monoisotopic (exact) mass is 636 g/mol. The highest BCUT2D eigenvalue weighted by molar-refractivity contribution is 6.42. The van der Waals surface area contributed by atoms with Crippen molar-refractivity contribution in [3.63, 3.8) is 0 Å². The number of carbonyl (C=O) groups is 2. The molecule has 2 atom stereocenters. The minimum absolute atomic E-state index is 0.0312. The van der Waals surface area contributed by atoms with Crippen LogP contribution in [0.3, 0.4) is 0 Å². The third-order valence-corrected chi connectivity index (χ3v) is 9.21. The lowest BCUT2D eigenvalue weighted by Crippen LogP contribution is -2.50. The van der Waals surface area contributed by atoms with Gasteiger partial charge in [-0.2, -0.15) is 0 Å². The summed E-state index contributed by atoms with van der Waals surface area (Å²) in [4.78, 5) is 33.9. The lowest BCUT2D eigenvalue weighted by atomic mass is 9.94. The van der Waals surface area contributed by atoms with E-state index in [1.165, 1.54) is 0 Å². The van der Waals surface area contributed by atoms with E-state index in [2.05, 4.69) is 22.5 Å². The maximum absolute atomic E-state index is 13.4. The predicted molar refractivity (Wildman–Crippen MR) is 182 cm³/mol. The zero-order chi connectivity index (χ0) is 31.3. The van der Waals surface area contributed by atoms with Crippen LogP contribution in [0, 0.1) is 0 Å². The summed E-state index contributed by atoms with van der Waals surface area (Å²) >= 11 is 12.6. The molecule has 0 fully saturated rings. The molecule has 228 valence electrons. The molecule has 0 radical (unpaired) electrons. The molecule has 6 nitrogen and oxygen atoms in total. The summed E-state index contributed by atoms with van der Waals surface area (Å²) in [6.07, 6.45) is 1.29. The van der Waals surface area contributed by atoms with Gasteiger partial charge < -0.3 is 5.32 Å². The molecule has 1 aliphatic heterocycles. The van der Waals surface area contributed by atoms with Gasteiger partial charge in [-0.05, 0) is 48.2 Å². The molecule has 45 heavy (non-hydrogen) atoms. The average molecular weight is 638 g/mol. The number of carbonyl (C=O) groups excluding carboxylic acids is 2. The molecule has 4 aromatic carbocycles. The molecule has 1 amide bonds. The molecule has 2 heterocycles. The van der Waals surface area contributed by atoms with Crippen LogP contribution in [0.1, 0.15) is 56.8 Å². The Morgan fingerprint density at radius 2 is 1.56 bits per heavy atom. The van der Waals surface area contributed by atoms with E-state index in [1.807, 2.05) is 103 Å². The van der Waals surface area contributed by atoms with Gasteiger partial charge in [-0.3, -0.25) is 24.8 Å². The van der Waals surface area contributed by atoms with Gasteiger partial charge in [-0.15, -0.1) is 0 Å². The Kier molecular flexibility index (Phi) is 9.57. The summed E-state index contributed by atoms with van der Waals surface area (Å²) in [5.41, 5.74) is 5.94. The fourth-order valence-corrected chi connectivity index (χ4v) is 6.29. The largest absolute Gasteiger partial charge is 0.321 e. The Bertz CT molecular complexity index is 1830. The quantitative estimate of drug-likeness (QED) is 0.151. The third-order valence-electron chi connectivity index (χ3n) is 8.47. The number of nitrogens with one attached hydrogen (secondary N) is 2. The van der Waals surface area contributed by atoms with Crippen molar-refractivity contribution in [1.82, 2.24) is 15.2 Å². The summed E-state index contributed by atoms with van der Waals surface area (Å²) in [7, 11) is 0. The van der Waals surface area contributed by atoms with Crippen molar-refractivity contribution >= 4 is 51.5 Å². The van der Waals surface area contributed by atoms with Gasteiger partial charge in [0.15, 0.2) is 5.78 Å². The number of hydrogen-bond acceptors (Lipinski definition) is 5. The van der Waals surface area contributed by atoms with Crippen LogP contribution in [0.25, 0.3) is 10.9 Å². The number of benzene rings is 4.